The molecule has 0 saturated carbocycles. The van der Waals surface area contributed by atoms with Crippen molar-refractivity contribution in [2.45, 2.75) is 19.0 Å². The second kappa shape index (κ2) is 6.93. The van der Waals surface area contributed by atoms with E-state index in [1.54, 1.807) is 0 Å². The molecule has 1 aromatic carbocycles. The number of hydrogen-bond donors (Lipinski definition) is 1. The monoisotopic (exact) mass is 289 g/mol. The van der Waals surface area contributed by atoms with Crippen molar-refractivity contribution >= 4 is 11.9 Å². The lowest BCUT2D eigenvalue weighted by Crippen LogP contribution is -2.25. The molecule has 0 aromatic heterocycles. The van der Waals surface area contributed by atoms with Crippen molar-refractivity contribution in [2.75, 3.05) is 13.7 Å². The molecule has 110 valence electrons. The number of carbonyl (C=O) groups excluding carboxylic acids is 2. The van der Waals surface area contributed by atoms with Gasteiger partial charge in [0.05, 0.1) is 12.7 Å². The Hall–Kier alpha value is -2.05. The number of carbonyl (C=O) groups is 2. The van der Waals surface area contributed by atoms with E-state index in [9.17, 15) is 22.8 Å². The van der Waals surface area contributed by atoms with Crippen LogP contribution in [0.4, 0.5) is 13.2 Å². The maximum absolute atomic E-state index is 12.3. The number of ether oxygens (including phenoxy) is 1. The second-order valence-corrected chi connectivity index (χ2v) is 4.01. The molecule has 20 heavy (non-hydrogen) atoms. The van der Waals surface area contributed by atoms with E-state index in [1.807, 2.05) is 0 Å². The molecule has 7 heteroatoms. The first-order chi connectivity index (χ1) is 9.34. The van der Waals surface area contributed by atoms with Crippen molar-refractivity contribution in [3.05, 3.63) is 35.4 Å². The lowest BCUT2D eigenvalue weighted by atomic mass is 10.1. The minimum Gasteiger partial charge on any atom is -0.469 e. The van der Waals surface area contributed by atoms with Gasteiger partial charge in [-0.15, -0.1) is 0 Å². The zero-order valence-corrected chi connectivity index (χ0v) is 10.8. The fourth-order valence-electron chi connectivity index (χ4n) is 1.45. The van der Waals surface area contributed by atoms with Crippen molar-refractivity contribution in [3.8, 4) is 0 Å². The van der Waals surface area contributed by atoms with Gasteiger partial charge in [-0.1, -0.05) is 0 Å². The molecule has 4 nitrogen and oxygen atoms in total. The fourth-order valence-corrected chi connectivity index (χ4v) is 1.45. The van der Waals surface area contributed by atoms with E-state index in [2.05, 4.69) is 10.1 Å². The molecule has 0 spiro atoms. The van der Waals surface area contributed by atoms with Gasteiger partial charge in [-0.3, -0.25) is 9.59 Å². The van der Waals surface area contributed by atoms with Gasteiger partial charge in [-0.05, 0) is 30.7 Å². The van der Waals surface area contributed by atoms with Crippen LogP contribution in [0.15, 0.2) is 24.3 Å². The van der Waals surface area contributed by atoms with E-state index in [-0.39, 0.29) is 24.5 Å². The van der Waals surface area contributed by atoms with Crippen LogP contribution in [-0.2, 0) is 15.7 Å². The van der Waals surface area contributed by atoms with E-state index in [1.165, 1.54) is 7.11 Å². The van der Waals surface area contributed by atoms with Crippen molar-refractivity contribution < 1.29 is 27.5 Å². The number of alkyl halides is 3. The van der Waals surface area contributed by atoms with Crippen LogP contribution in [0, 0.1) is 0 Å². The van der Waals surface area contributed by atoms with Crippen LogP contribution in [0.1, 0.15) is 28.8 Å². The Morgan fingerprint density at radius 1 is 1.20 bits per heavy atom. The van der Waals surface area contributed by atoms with Crippen LogP contribution in [0.3, 0.4) is 0 Å². The van der Waals surface area contributed by atoms with E-state index in [0.717, 1.165) is 24.3 Å². The molecule has 0 radical (unpaired) electrons. The van der Waals surface area contributed by atoms with Crippen LogP contribution >= 0.6 is 0 Å². The molecule has 0 fully saturated rings. The van der Waals surface area contributed by atoms with Crippen molar-refractivity contribution in [3.63, 3.8) is 0 Å². The predicted molar refractivity (Wildman–Crippen MR) is 65.0 cm³/mol. The number of rotatable bonds is 5. The maximum Gasteiger partial charge on any atom is 0.416 e. The summed E-state index contributed by atoms with van der Waals surface area (Å²) in [5.41, 5.74) is -0.671. The summed E-state index contributed by atoms with van der Waals surface area (Å²) < 4.78 is 41.4. The standard InChI is InChI=1S/C13H14F3NO3/c1-20-11(18)3-2-8-17-12(19)9-4-6-10(7-5-9)13(14,15)16/h4-7H,2-3,8H2,1H3,(H,17,19). The van der Waals surface area contributed by atoms with Gasteiger partial charge in [0.25, 0.3) is 5.91 Å². The molecule has 0 unspecified atom stereocenters. The first-order valence-corrected chi connectivity index (χ1v) is 5.87. The molecule has 1 aromatic rings. The van der Waals surface area contributed by atoms with E-state index in [0.29, 0.717) is 6.42 Å². The minimum atomic E-state index is -4.42. The van der Waals surface area contributed by atoms with Crippen LogP contribution in [-0.4, -0.2) is 25.5 Å². The Morgan fingerprint density at radius 3 is 2.30 bits per heavy atom. The maximum atomic E-state index is 12.3. The summed E-state index contributed by atoms with van der Waals surface area (Å²) in [6, 6.07) is 3.92. The number of hydrogen-bond acceptors (Lipinski definition) is 3. The van der Waals surface area contributed by atoms with E-state index >= 15 is 0 Å². The van der Waals surface area contributed by atoms with Gasteiger partial charge in [0.15, 0.2) is 0 Å². The highest BCUT2D eigenvalue weighted by Gasteiger charge is 2.30. The third kappa shape index (κ3) is 4.91. The van der Waals surface area contributed by atoms with Gasteiger partial charge in [0.1, 0.15) is 0 Å². The number of methoxy groups -OCH3 is 1. The fraction of sp³-hybridized carbons (Fsp3) is 0.385. The second-order valence-electron chi connectivity index (χ2n) is 4.01. The molecule has 0 bridgehead atoms. The Balaban J connectivity index is 2.46. The highest BCUT2D eigenvalue weighted by molar-refractivity contribution is 5.94. The lowest BCUT2D eigenvalue weighted by molar-refractivity contribution is -0.140. The largest absolute Gasteiger partial charge is 0.469 e. The molecule has 0 aliphatic rings. The molecule has 0 saturated heterocycles. The van der Waals surface area contributed by atoms with Crippen molar-refractivity contribution in [2.24, 2.45) is 0 Å². The Labute approximate surface area is 113 Å². The van der Waals surface area contributed by atoms with Gasteiger partial charge in [-0.2, -0.15) is 13.2 Å². The topological polar surface area (TPSA) is 55.4 Å². The molecular weight excluding hydrogens is 275 g/mol. The summed E-state index contributed by atoms with van der Waals surface area (Å²) in [7, 11) is 1.27. The summed E-state index contributed by atoms with van der Waals surface area (Å²) >= 11 is 0. The Kier molecular flexibility index (Phi) is 5.54. The van der Waals surface area contributed by atoms with Crippen LogP contribution < -0.4 is 5.32 Å². The van der Waals surface area contributed by atoms with Gasteiger partial charge in [0.2, 0.25) is 0 Å². The third-order valence-corrected chi connectivity index (χ3v) is 2.55. The van der Waals surface area contributed by atoms with Crippen LogP contribution in [0.5, 0.6) is 0 Å². The van der Waals surface area contributed by atoms with Crippen molar-refractivity contribution in [1.29, 1.82) is 0 Å². The van der Waals surface area contributed by atoms with E-state index < -0.39 is 17.6 Å². The molecule has 1 amide bonds. The molecule has 1 N–H and O–H groups in total. The number of nitrogens with one attached hydrogen (secondary N) is 1. The number of halogens is 3. The lowest BCUT2D eigenvalue weighted by Gasteiger charge is -2.08. The molecular formula is C13H14F3NO3. The molecule has 0 atom stereocenters. The van der Waals surface area contributed by atoms with Gasteiger partial charge in [-0.25, -0.2) is 0 Å². The average Bonchev–Trinajstić information content (AvgIpc) is 2.42. The summed E-state index contributed by atoms with van der Waals surface area (Å²) in [5, 5.41) is 2.51. The molecule has 0 heterocycles. The SMILES string of the molecule is COC(=O)CCCNC(=O)c1ccc(C(F)(F)F)cc1. The van der Waals surface area contributed by atoms with E-state index in [4.69, 9.17) is 0 Å². The van der Waals surface area contributed by atoms with Gasteiger partial charge in [0, 0.05) is 18.5 Å². The average molecular weight is 289 g/mol. The summed E-state index contributed by atoms with van der Waals surface area (Å²) in [6.07, 6.45) is -3.85. The van der Waals surface area contributed by atoms with Gasteiger partial charge < -0.3 is 10.1 Å². The number of benzene rings is 1. The van der Waals surface area contributed by atoms with Gasteiger partial charge >= 0.3 is 12.1 Å². The first-order valence-electron chi connectivity index (χ1n) is 5.87. The normalized spacial score (nSPS) is 11.0. The van der Waals surface area contributed by atoms with Crippen molar-refractivity contribution in [1.82, 2.24) is 5.32 Å². The third-order valence-electron chi connectivity index (χ3n) is 2.55. The Bertz CT molecular complexity index is 469. The summed E-state index contributed by atoms with van der Waals surface area (Å²) in [5.74, 6) is -0.864. The molecule has 0 aliphatic heterocycles. The summed E-state index contributed by atoms with van der Waals surface area (Å²) in [4.78, 5) is 22.4. The van der Waals surface area contributed by atoms with Crippen LogP contribution in [0.2, 0.25) is 0 Å². The molecule has 1 rings (SSSR count). The Morgan fingerprint density at radius 2 is 1.80 bits per heavy atom. The minimum absolute atomic E-state index is 0.135. The highest BCUT2D eigenvalue weighted by Crippen LogP contribution is 2.28. The zero-order valence-electron chi connectivity index (χ0n) is 10.8. The predicted octanol–water partition coefficient (Wildman–Crippen LogP) is 2.39. The summed E-state index contributed by atoms with van der Waals surface area (Å²) in [6.45, 7) is 0.245. The zero-order chi connectivity index (χ0) is 15.2. The smallest absolute Gasteiger partial charge is 0.416 e. The highest BCUT2D eigenvalue weighted by atomic mass is 19.4. The van der Waals surface area contributed by atoms with Crippen LogP contribution in [0.25, 0.3) is 0 Å². The molecule has 0 aliphatic carbocycles. The quantitative estimate of drug-likeness (QED) is 0.669. The number of amides is 1. The number of esters is 1. The first kappa shape index (κ1) is 16.0.